The lowest BCUT2D eigenvalue weighted by Gasteiger charge is -2.08. The summed E-state index contributed by atoms with van der Waals surface area (Å²) >= 11 is 0. The third-order valence-corrected chi connectivity index (χ3v) is 3.50. The molecule has 0 atom stereocenters. The zero-order valence-corrected chi connectivity index (χ0v) is 13.8. The van der Waals surface area contributed by atoms with Gasteiger partial charge in [-0.2, -0.15) is 0 Å². The molecule has 0 aliphatic rings. The zero-order valence-electron chi connectivity index (χ0n) is 13.8. The predicted octanol–water partition coefficient (Wildman–Crippen LogP) is 3.19. The monoisotopic (exact) mass is 339 g/mol. The van der Waals surface area contributed by atoms with Crippen LogP contribution in [-0.4, -0.2) is 25.1 Å². The van der Waals surface area contributed by atoms with Gasteiger partial charge < -0.3 is 24.9 Å². The first kappa shape index (κ1) is 16.4. The molecule has 7 heteroatoms. The number of benzene rings is 2. The van der Waals surface area contributed by atoms with E-state index in [0.29, 0.717) is 28.8 Å². The number of nitrogen functional groups attached to an aromatic ring is 1. The van der Waals surface area contributed by atoms with Crippen molar-refractivity contribution in [1.82, 2.24) is 4.98 Å². The van der Waals surface area contributed by atoms with E-state index in [-0.39, 0.29) is 5.69 Å². The summed E-state index contributed by atoms with van der Waals surface area (Å²) in [5.41, 5.74) is 7.71. The Morgan fingerprint density at radius 3 is 2.32 bits per heavy atom. The Hall–Kier alpha value is -3.48. The Morgan fingerprint density at radius 2 is 1.72 bits per heavy atom. The Kier molecular flexibility index (Phi) is 4.56. The van der Waals surface area contributed by atoms with E-state index in [9.17, 15) is 4.79 Å². The minimum Gasteiger partial charge on any atom is -0.497 e. The van der Waals surface area contributed by atoms with Crippen molar-refractivity contribution in [2.24, 2.45) is 0 Å². The lowest BCUT2D eigenvalue weighted by molar-refractivity contribution is 0.102. The number of methoxy groups -OCH3 is 2. The smallest absolute Gasteiger partial charge is 0.277 e. The summed E-state index contributed by atoms with van der Waals surface area (Å²) in [5.74, 6) is 1.07. The fourth-order valence-electron chi connectivity index (χ4n) is 2.21. The van der Waals surface area contributed by atoms with Crippen LogP contribution in [0.1, 0.15) is 10.5 Å². The van der Waals surface area contributed by atoms with Gasteiger partial charge in [0, 0.05) is 35.1 Å². The highest BCUT2D eigenvalue weighted by Gasteiger charge is 2.14. The molecule has 0 saturated carbocycles. The van der Waals surface area contributed by atoms with Gasteiger partial charge in [0.15, 0.2) is 5.69 Å². The maximum Gasteiger partial charge on any atom is 0.277 e. The molecule has 3 N–H and O–H groups in total. The van der Waals surface area contributed by atoms with E-state index in [1.54, 1.807) is 42.5 Å². The van der Waals surface area contributed by atoms with Crippen molar-refractivity contribution >= 4 is 17.3 Å². The lowest BCUT2D eigenvalue weighted by Crippen LogP contribution is -2.12. The lowest BCUT2D eigenvalue weighted by atomic mass is 10.2. The molecule has 1 amide bonds. The number of aromatic nitrogens is 1. The maximum absolute atomic E-state index is 12.4. The number of hydrogen-bond donors (Lipinski definition) is 2. The average molecular weight is 339 g/mol. The molecule has 7 nitrogen and oxygen atoms in total. The maximum atomic E-state index is 12.4. The summed E-state index contributed by atoms with van der Waals surface area (Å²) in [6.07, 6.45) is 1.30. The van der Waals surface area contributed by atoms with E-state index in [1.165, 1.54) is 20.5 Å². The van der Waals surface area contributed by atoms with Gasteiger partial charge in [0.1, 0.15) is 17.8 Å². The number of hydrogen-bond acceptors (Lipinski definition) is 6. The first-order valence-corrected chi connectivity index (χ1v) is 7.45. The molecule has 25 heavy (non-hydrogen) atoms. The Morgan fingerprint density at radius 1 is 1.08 bits per heavy atom. The molecule has 1 heterocycles. The first-order chi connectivity index (χ1) is 12.1. The summed E-state index contributed by atoms with van der Waals surface area (Å²) < 4.78 is 15.7. The van der Waals surface area contributed by atoms with E-state index >= 15 is 0 Å². The fourth-order valence-corrected chi connectivity index (χ4v) is 2.21. The SMILES string of the molecule is COc1cc(NC(=O)c2coc(-c3ccc(N)cc3)n2)cc(OC)c1. The van der Waals surface area contributed by atoms with Crippen molar-refractivity contribution in [3.63, 3.8) is 0 Å². The van der Waals surface area contributed by atoms with Gasteiger partial charge in [0.05, 0.1) is 14.2 Å². The summed E-state index contributed by atoms with van der Waals surface area (Å²) in [6, 6.07) is 12.1. The number of carbonyl (C=O) groups excluding carboxylic acids is 1. The van der Waals surface area contributed by atoms with Crippen molar-refractivity contribution in [2.45, 2.75) is 0 Å². The van der Waals surface area contributed by atoms with Gasteiger partial charge in [-0.3, -0.25) is 4.79 Å². The van der Waals surface area contributed by atoms with E-state index in [1.807, 2.05) is 0 Å². The Bertz CT molecular complexity index is 865. The number of nitrogens with one attached hydrogen (secondary N) is 1. The highest BCUT2D eigenvalue weighted by atomic mass is 16.5. The summed E-state index contributed by atoms with van der Waals surface area (Å²) in [4.78, 5) is 16.6. The summed E-state index contributed by atoms with van der Waals surface area (Å²) in [7, 11) is 3.08. The second kappa shape index (κ2) is 6.96. The quantitative estimate of drug-likeness (QED) is 0.693. The van der Waals surface area contributed by atoms with Crippen LogP contribution in [0.15, 0.2) is 53.1 Å². The summed E-state index contributed by atoms with van der Waals surface area (Å²) in [6.45, 7) is 0. The number of oxazole rings is 1. The van der Waals surface area contributed by atoms with Gasteiger partial charge >= 0.3 is 0 Å². The van der Waals surface area contributed by atoms with Crippen LogP contribution in [0.4, 0.5) is 11.4 Å². The second-order valence-electron chi connectivity index (χ2n) is 5.22. The number of rotatable bonds is 5. The molecular formula is C18H17N3O4. The van der Waals surface area contributed by atoms with Crippen LogP contribution in [0.3, 0.4) is 0 Å². The van der Waals surface area contributed by atoms with Crippen LogP contribution < -0.4 is 20.5 Å². The van der Waals surface area contributed by atoms with Gasteiger partial charge in [-0.05, 0) is 24.3 Å². The van der Waals surface area contributed by atoms with Crippen molar-refractivity contribution in [1.29, 1.82) is 0 Å². The number of nitrogens with two attached hydrogens (primary N) is 1. The molecule has 1 aromatic heterocycles. The highest BCUT2D eigenvalue weighted by Crippen LogP contribution is 2.26. The molecular weight excluding hydrogens is 322 g/mol. The van der Waals surface area contributed by atoms with Crippen LogP contribution in [0, 0.1) is 0 Å². The number of ether oxygens (including phenoxy) is 2. The van der Waals surface area contributed by atoms with Crippen LogP contribution in [0.5, 0.6) is 11.5 Å². The minimum atomic E-state index is -0.402. The normalized spacial score (nSPS) is 10.3. The number of amides is 1. The van der Waals surface area contributed by atoms with Gasteiger partial charge in [0.2, 0.25) is 5.89 Å². The number of carbonyl (C=O) groups is 1. The van der Waals surface area contributed by atoms with Crippen LogP contribution >= 0.6 is 0 Å². The molecule has 0 radical (unpaired) electrons. The molecule has 0 aliphatic heterocycles. The van der Waals surface area contributed by atoms with E-state index in [2.05, 4.69) is 10.3 Å². The zero-order chi connectivity index (χ0) is 17.8. The molecule has 0 unspecified atom stereocenters. The van der Waals surface area contributed by atoms with Crippen molar-refractivity contribution in [3.05, 3.63) is 54.4 Å². The highest BCUT2D eigenvalue weighted by molar-refractivity contribution is 6.03. The molecule has 0 fully saturated rings. The Balaban J connectivity index is 1.79. The summed E-state index contributed by atoms with van der Waals surface area (Å²) in [5, 5.41) is 2.74. The van der Waals surface area contributed by atoms with Crippen LogP contribution in [0.2, 0.25) is 0 Å². The fraction of sp³-hybridized carbons (Fsp3) is 0.111. The molecule has 0 saturated heterocycles. The third kappa shape index (κ3) is 3.72. The van der Waals surface area contributed by atoms with E-state index in [0.717, 1.165) is 5.56 Å². The third-order valence-electron chi connectivity index (χ3n) is 3.50. The second-order valence-corrected chi connectivity index (χ2v) is 5.22. The van der Waals surface area contributed by atoms with Crippen molar-refractivity contribution in [2.75, 3.05) is 25.3 Å². The van der Waals surface area contributed by atoms with Crippen molar-refractivity contribution in [3.8, 4) is 23.0 Å². The topological polar surface area (TPSA) is 99.6 Å². The van der Waals surface area contributed by atoms with Gasteiger partial charge in [-0.15, -0.1) is 0 Å². The van der Waals surface area contributed by atoms with Gasteiger partial charge in [-0.25, -0.2) is 4.98 Å². The average Bonchev–Trinajstić information content (AvgIpc) is 3.12. The number of nitrogens with zero attached hydrogens (tertiary/aromatic N) is 1. The molecule has 0 aliphatic carbocycles. The Labute approximate surface area is 144 Å². The molecule has 128 valence electrons. The van der Waals surface area contributed by atoms with Crippen molar-refractivity contribution < 1.29 is 18.7 Å². The molecule has 0 spiro atoms. The van der Waals surface area contributed by atoms with E-state index < -0.39 is 5.91 Å². The van der Waals surface area contributed by atoms with E-state index in [4.69, 9.17) is 19.6 Å². The molecule has 2 aromatic carbocycles. The van der Waals surface area contributed by atoms with Crippen LogP contribution in [0.25, 0.3) is 11.5 Å². The minimum absolute atomic E-state index is 0.161. The van der Waals surface area contributed by atoms with Gasteiger partial charge in [0.25, 0.3) is 5.91 Å². The molecule has 0 bridgehead atoms. The molecule has 3 rings (SSSR count). The van der Waals surface area contributed by atoms with Crippen LogP contribution in [-0.2, 0) is 0 Å². The molecule has 3 aromatic rings. The standard InChI is InChI=1S/C18H17N3O4/c1-23-14-7-13(8-15(9-14)24-2)20-17(22)16-10-25-18(21-16)11-3-5-12(19)6-4-11/h3-10H,19H2,1-2H3,(H,20,22). The van der Waals surface area contributed by atoms with Gasteiger partial charge in [-0.1, -0.05) is 0 Å². The largest absolute Gasteiger partial charge is 0.497 e. The predicted molar refractivity (Wildman–Crippen MR) is 93.9 cm³/mol. The number of anilines is 2. The first-order valence-electron chi connectivity index (χ1n) is 7.45.